The van der Waals surface area contributed by atoms with Gasteiger partial charge in [0.25, 0.3) is 0 Å². The lowest BCUT2D eigenvalue weighted by Gasteiger charge is -2.31. The molecule has 2 aliphatic rings. The van der Waals surface area contributed by atoms with Gasteiger partial charge in [-0.05, 0) is 32.6 Å². The standard InChI is InChI=1S/C38H56N2O2Si4/c1-43(2,3)35-33(39(41-37(35)45(7,8)9)27-29-19-15-13-16-20-29)31-23-25-32(26-24-31)34-36(44(4,5)6)38(46(10,11)12)42-40(34)28-30-21-17-14-18-22-30/h13-26,33-34H,27-28H2,1-12H3/t33-,34-/m1/s1. The first kappa shape index (κ1) is 34.9. The third-order valence-electron chi connectivity index (χ3n) is 8.94. The Hall–Kier alpha value is -2.47. The molecule has 46 heavy (non-hydrogen) atoms. The van der Waals surface area contributed by atoms with Gasteiger partial charge in [0.1, 0.15) is 16.1 Å². The van der Waals surface area contributed by atoms with E-state index in [4.69, 9.17) is 9.68 Å². The number of hydroxylamine groups is 4. The average Bonchev–Trinajstić information content (AvgIpc) is 3.54. The Morgan fingerprint density at radius 1 is 0.435 bits per heavy atom. The van der Waals surface area contributed by atoms with E-state index in [-0.39, 0.29) is 12.1 Å². The lowest BCUT2D eigenvalue weighted by molar-refractivity contribution is -0.121. The molecule has 0 bridgehead atoms. The molecule has 5 rings (SSSR count). The minimum absolute atomic E-state index is 0.118. The molecule has 0 aliphatic carbocycles. The van der Waals surface area contributed by atoms with Crippen LogP contribution in [0.3, 0.4) is 0 Å². The van der Waals surface area contributed by atoms with E-state index in [0.717, 1.165) is 13.1 Å². The van der Waals surface area contributed by atoms with Gasteiger partial charge in [-0.25, -0.2) is 0 Å². The largest absolute Gasteiger partial charge is 0.415 e. The summed E-state index contributed by atoms with van der Waals surface area (Å²) in [5.41, 5.74) is 5.20. The Kier molecular flexibility index (Phi) is 9.74. The lowest BCUT2D eigenvalue weighted by atomic mass is 10.00. The second-order valence-corrected chi connectivity index (χ2v) is 37.2. The lowest BCUT2D eigenvalue weighted by Crippen LogP contribution is -2.35. The maximum Gasteiger partial charge on any atom is 0.125 e. The summed E-state index contributed by atoms with van der Waals surface area (Å²) in [4.78, 5) is 13.9. The topological polar surface area (TPSA) is 24.9 Å². The van der Waals surface area contributed by atoms with Crippen LogP contribution in [0.2, 0.25) is 78.6 Å². The smallest absolute Gasteiger partial charge is 0.125 e. The third-order valence-corrected chi connectivity index (χ3v) is 17.1. The highest BCUT2D eigenvalue weighted by molar-refractivity contribution is 6.89. The molecule has 0 radical (unpaired) electrons. The fourth-order valence-electron chi connectivity index (χ4n) is 6.86. The van der Waals surface area contributed by atoms with Crippen molar-refractivity contribution in [3.05, 3.63) is 128 Å². The van der Waals surface area contributed by atoms with Crippen molar-refractivity contribution in [2.45, 2.75) is 104 Å². The highest BCUT2D eigenvalue weighted by Gasteiger charge is 2.48. The minimum atomic E-state index is -1.74. The monoisotopic (exact) mass is 684 g/mol. The normalized spacial score (nSPS) is 20.3. The average molecular weight is 685 g/mol. The number of benzene rings is 3. The fourth-order valence-corrected chi connectivity index (χ4v) is 17.7. The number of rotatable bonds is 10. The van der Waals surface area contributed by atoms with E-state index in [9.17, 15) is 0 Å². The molecule has 2 atom stereocenters. The Balaban J connectivity index is 1.60. The first-order valence-corrected chi connectivity index (χ1v) is 30.9. The zero-order chi connectivity index (χ0) is 33.7. The SMILES string of the molecule is C[Si](C)(C)C1=C([Si](C)(C)C)[C@@H](c2ccc([C@@H]3C([Si](C)(C)C)=C([Si](C)(C)C)ON3Cc3ccccc3)cc2)N(Cc2ccccc2)O1. The summed E-state index contributed by atoms with van der Waals surface area (Å²) in [7, 11) is -6.95. The maximum atomic E-state index is 6.95. The van der Waals surface area contributed by atoms with Crippen molar-refractivity contribution >= 4 is 32.3 Å². The first-order valence-electron chi connectivity index (χ1n) is 16.9. The molecule has 2 aliphatic heterocycles. The van der Waals surface area contributed by atoms with Gasteiger partial charge in [-0.2, -0.15) is 0 Å². The summed E-state index contributed by atoms with van der Waals surface area (Å²) in [5.74, 6) is 0. The molecule has 0 unspecified atom stereocenters. The Labute approximate surface area is 283 Å². The van der Waals surface area contributed by atoms with Crippen molar-refractivity contribution in [1.82, 2.24) is 10.1 Å². The third kappa shape index (κ3) is 7.47. The molecular weight excluding hydrogens is 629 g/mol. The van der Waals surface area contributed by atoms with E-state index < -0.39 is 32.3 Å². The van der Waals surface area contributed by atoms with E-state index in [2.05, 4.69) is 174 Å². The van der Waals surface area contributed by atoms with Gasteiger partial charge in [0, 0.05) is 0 Å². The van der Waals surface area contributed by atoms with Crippen LogP contribution in [0.25, 0.3) is 0 Å². The summed E-state index contributed by atoms with van der Waals surface area (Å²) in [6.45, 7) is 31.0. The zero-order valence-electron chi connectivity index (χ0n) is 30.4. The summed E-state index contributed by atoms with van der Waals surface area (Å²) in [6, 6.07) is 31.4. The van der Waals surface area contributed by atoms with Crippen molar-refractivity contribution in [2.75, 3.05) is 0 Å². The van der Waals surface area contributed by atoms with Crippen LogP contribution in [-0.4, -0.2) is 42.4 Å². The molecule has 3 aromatic carbocycles. The molecular formula is C38H56N2O2Si4. The highest BCUT2D eigenvalue weighted by atomic mass is 28.3. The summed E-state index contributed by atoms with van der Waals surface area (Å²) in [6.07, 6.45) is 0. The van der Waals surface area contributed by atoms with Gasteiger partial charge in [-0.3, -0.25) is 0 Å². The van der Waals surface area contributed by atoms with E-state index in [0.29, 0.717) is 0 Å². The van der Waals surface area contributed by atoms with Crippen molar-refractivity contribution < 1.29 is 9.68 Å². The Bertz CT molecular complexity index is 1460. The molecule has 0 spiro atoms. The molecule has 8 heteroatoms. The van der Waals surface area contributed by atoms with Gasteiger partial charge >= 0.3 is 0 Å². The Morgan fingerprint density at radius 3 is 1.00 bits per heavy atom. The van der Waals surface area contributed by atoms with Crippen LogP contribution in [0.5, 0.6) is 0 Å². The van der Waals surface area contributed by atoms with Crippen LogP contribution >= 0.6 is 0 Å². The van der Waals surface area contributed by atoms with E-state index in [1.165, 1.54) is 33.0 Å². The quantitative estimate of drug-likeness (QED) is 0.199. The molecule has 0 saturated heterocycles. The molecule has 0 aromatic heterocycles. The molecule has 0 fully saturated rings. The molecule has 2 heterocycles. The molecule has 246 valence electrons. The van der Waals surface area contributed by atoms with Gasteiger partial charge < -0.3 is 9.68 Å². The van der Waals surface area contributed by atoms with Crippen LogP contribution in [0, 0.1) is 0 Å². The second-order valence-electron chi connectivity index (χ2n) is 17.3. The fraction of sp³-hybridized carbons (Fsp3) is 0.421. The van der Waals surface area contributed by atoms with Crippen LogP contribution in [-0.2, 0) is 22.8 Å². The molecule has 3 aromatic rings. The van der Waals surface area contributed by atoms with Crippen LogP contribution in [0.1, 0.15) is 34.3 Å². The van der Waals surface area contributed by atoms with Crippen molar-refractivity contribution in [3.8, 4) is 0 Å². The van der Waals surface area contributed by atoms with Crippen molar-refractivity contribution in [3.63, 3.8) is 0 Å². The molecule has 4 nitrogen and oxygen atoms in total. The predicted molar refractivity (Wildman–Crippen MR) is 205 cm³/mol. The van der Waals surface area contributed by atoms with E-state index in [1.807, 2.05) is 0 Å². The highest BCUT2D eigenvalue weighted by Crippen LogP contribution is 2.49. The van der Waals surface area contributed by atoms with E-state index >= 15 is 0 Å². The summed E-state index contributed by atoms with van der Waals surface area (Å²) in [5, 5.41) is 10.3. The summed E-state index contributed by atoms with van der Waals surface area (Å²) >= 11 is 0. The second kappa shape index (κ2) is 12.9. The number of nitrogens with zero attached hydrogens (tertiary/aromatic N) is 2. The Morgan fingerprint density at radius 2 is 0.739 bits per heavy atom. The van der Waals surface area contributed by atoms with Crippen molar-refractivity contribution in [2.24, 2.45) is 0 Å². The molecule has 0 saturated carbocycles. The zero-order valence-corrected chi connectivity index (χ0v) is 34.4. The van der Waals surface area contributed by atoms with Gasteiger partial charge in [0.15, 0.2) is 0 Å². The van der Waals surface area contributed by atoms with Gasteiger partial charge in [0.05, 0.1) is 52.1 Å². The molecule has 0 N–H and O–H groups in total. The predicted octanol–water partition coefficient (Wildman–Crippen LogP) is 10.7. The van der Waals surface area contributed by atoms with Crippen LogP contribution in [0.4, 0.5) is 0 Å². The van der Waals surface area contributed by atoms with Gasteiger partial charge in [0.2, 0.25) is 0 Å². The minimum Gasteiger partial charge on any atom is -0.415 e. The number of hydrogen-bond acceptors (Lipinski definition) is 4. The van der Waals surface area contributed by atoms with Gasteiger partial charge in [-0.15, -0.1) is 10.1 Å². The van der Waals surface area contributed by atoms with Crippen molar-refractivity contribution in [1.29, 1.82) is 0 Å². The summed E-state index contributed by atoms with van der Waals surface area (Å²) < 4.78 is 0. The van der Waals surface area contributed by atoms with Gasteiger partial charge in [-0.1, -0.05) is 163 Å². The molecule has 0 amide bonds. The number of hydrogen-bond donors (Lipinski definition) is 0. The first-order chi connectivity index (χ1) is 21.4. The van der Waals surface area contributed by atoms with E-state index in [1.54, 1.807) is 10.4 Å². The maximum absolute atomic E-state index is 6.95. The van der Waals surface area contributed by atoms with Crippen LogP contribution in [0.15, 0.2) is 106 Å². The van der Waals surface area contributed by atoms with Crippen LogP contribution < -0.4 is 0 Å².